The summed E-state index contributed by atoms with van der Waals surface area (Å²) < 4.78 is 0. The maximum absolute atomic E-state index is 13.2. The van der Waals surface area contributed by atoms with Crippen LogP contribution in [0.25, 0.3) is 0 Å². The summed E-state index contributed by atoms with van der Waals surface area (Å²) in [6, 6.07) is 9.80. The lowest BCUT2D eigenvalue weighted by atomic mass is 9.99. The van der Waals surface area contributed by atoms with Crippen LogP contribution in [-0.4, -0.2) is 60.0 Å². The van der Waals surface area contributed by atoms with Gasteiger partial charge in [0.1, 0.15) is 0 Å². The summed E-state index contributed by atoms with van der Waals surface area (Å²) in [5, 5.41) is 6.90. The van der Waals surface area contributed by atoms with Crippen molar-refractivity contribution in [3.8, 4) is 0 Å². The van der Waals surface area contributed by atoms with E-state index in [4.69, 9.17) is 0 Å². The van der Waals surface area contributed by atoms with Crippen LogP contribution in [0.4, 0.5) is 5.69 Å². The van der Waals surface area contributed by atoms with E-state index in [0.717, 1.165) is 30.6 Å². The van der Waals surface area contributed by atoms with Crippen molar-refractivity contribution in [2.75, 3.05) is 31.5 Å². The minimum Gasteiger partial charge on any atom is -0.385 e. The Balaban J connectivity index is 1.38. The van der Waals surface area contributed by atoms with Gasteiger partial charge in [-0.15, -0.1) is 0 Å². The first-order chi connectivity index (χ1) is 15.9. The van der Waals surface area contributed by atoms with Gasteiger partial charge in [-0.3, -0.25) is 14.6 Å². The zero-order valence-corrected chi connectivity index (χ0v) is 20.9. The van der Waals surface area contributed by atoms with Gasteiger partial charge < -0.3 is 10.6 Å². The molecule has 3 unspecified atom stereocenters. The number of hydrogen-bond acceptors (Lipinski definition) is 4. The fourth-order valence-corrected chi connectivity index (χ4v) is 5.59. The van der Waals surface area contributed by atoms with Gasteiger partial charge in [-0.2, -0.15) is 0 Å². The molecule has 1 aromatic rings. The number of allylic oxidation sites excluding steroid dienone is 2. The van der Waals surface area contributed by atoms with Crippen LogP contribution in [0.15, 0.2) is 47.7 Å². The van der Waals surface area contributed by atoms with Gasteiger partial charge in [0.05, 0.1) is 5.92 Å². The van der Waals surface area contributed by atoms with Gasteiger partial charge in [0.2, 0.25) is 5.91 Å². The Kier molecular flexibility index (Phi) is 7.92. The van der Waals surface area contributed by atoms with E-state index < -0.39 is 0 Å². The number of hydrogen-bond donors (Lipinski definition) is 2. The molecule has 0 aromatic heterocycles. The Labute approximate surface area is 200 Å². The lowest BCUT2D eigenvalue weighted by molar-refractivity contribution is -0.117. The molecule has 180 valence electrons. The summed E-state index contributed by atoms with van der Waals surface area (Å²) in [5.74, 6) is -0.166. The van der Waals surface area contributed by atoms with Gasteiger partial charge in [-0.05, 0) is 76.1 Å². The van der Waals surface area contributed by atoms with Crippen molar-refractivity contribution >= 4 is 11.6 Å². The third kappa shape index (κ3) is 5.88. The Morgan fingerprint density at radius 2 is 1.88 bits per heavy atom. The highest BCUT2D eigenvalue weighted by atomic mass is 16.1. The van der Waals surface area contributed by atoms with Crippen molar-refractivity contribution in [3.63, 3.8) is 0 Å². The molecule has 1 aromatic carbocycles. The predicted molar refractivity (Wildman–Crippen MR) is 137 cm³/mol. The normalized spacial score (nSPS) is 27.0. The number of rotatable bonds is 5. The van der Waals surface area contributed by atoms with E-state index in [1.165, 1.54) is 50.2 Å². The smallest absolute Gasteiger partial charge is 0.237 e. The molecule has 1 fully saturated rings. The molecule has 0 bridgehead atoms. The van der Waals surface area contributed by atoms with Crippen LogP contribution in [-0.2, 0) is 11.2 Å². The molecule has 0 saturated carbocycles. The molecule has 0 radical (unpaired) electrons. The Bertz CT molecular complexity index is 864. The predicted octanol–water partition coefficient (Wildman–Crippen LogP) is 4.57. The molecule has 5 heteroatoms. The van der Waals surface area contributed by atoms with Crippen molar-refractivity contribution in [2.45, 2.75) is 77.9 Å². The second-order valence-corrected chi connectivity index (χ2v) is 10.3. The Morgan fingerprint density at radius 3 is 2.55 bits per heavy atom. The molecule has 2 N–H and O–H groups in total. The van der Waals surface area contributed by atoms with Crippen molar-refractivity contribution in [1.29, 1.82) is 0 Å². The molecular weight excluding hydrogens is 408 g/mol. The van der Waals surface area contributed by atoms with Crippen molar-refractivity contribution in [1.82, 2.24) is 15.1 Å². The number of piperazine rings is 1. The van der Waals surface area contributed by atoms with E-state index in [1.54, 1.807) is 0 Å². The molecule has 1 amide bonds. The first-order valence-corrected chi connectivity index (χ1v) is 13.0. The van der Waals surface area contributed by atoms with E-state index in [-0.39, 0.29) is 11.8 Å². The molecular formula is C28H42N4O. The second-order valence-electron chi connectivity index (χ2n) is 10.3. The number of nitrogens with one attached hydrogen (secondary N) is 2. The number of aryl methyl sites for hydroxylation is 1. The molecule has 33 heavy (non-hydrogen) atoms. The molecule has 1 saturated heterocycles. The minimum atomic E-state index is -0.223. The van der Waals surface area contributed by atoms with E-state index in [0.29, 0.717) is 18.1 Å². The fraction of sp³-hybridized carbons (Fsp3) is 0.607. The van der Waals surface area contributed by atoms with Crippen molar-refractivity contribution in [3.05, 3.63) is 53.3 Å². The van der Waals surface area contributed by atoms with Crippen LogP contribution in [0.5, 0.6) is 0 Å². The van der Waals surface area contributed by atoms with Gasteiger partial charge in [-0.25, -0.2) is 0 Å². The minimum absolute atomic E-state index is 0.0563. The van der Waals surface area contributed by atoms with Crippen LogP contribution < -0.4 is 10.6 Å². The number of carbonyl (C=O) groups excluding carboxylic acids is 1. The van der Waals surface area contributed by atoms with Gasteiger partial charge in [0.15, 0.2) is 0 Å². The summed E-state index contributed by atoms with van der Waals surface area (Å²) in [4.78, 5) is 18.5. The average molecular weight is 451 g/mol. The first kappa shape index (κ1) is 24.0. The Morgan fingerprint density at radius 1 is 1.15 bits per heavy atom. The molecule has 3 atom stereocenters. The topological polar surface area (TPSA) is 47.6 Å². The van der Waals surface area contributed by atoms with E-state index in [2.05, 4.69) is 72.4 Å². The quantitative estimate of drug-likeness (QED) is 0.690. The van der Waals surface area contributed by atoms with E-state index in [9.17, 15) is 4.79 Å². The Hall–Kier alpha value is -2.11. The molecule has 4 rings (SSSR count). The SMILES string of the molecule is CCc1ccc(NC(=O)C2C=CC3=C2NC(C)CC(N2CCN(C(C)C)CC2)CCC3)cc1. The highest BCUT2D eigenvalue weighted by Crippen LogP contribution is 2.31. The first-order valence-electron chi connectivity index (χ1n) is 13.0. The summed E-state index contributed by atoms with van der Waals surface area (Å²) in [7, 11) is 0. The largest absolute Gasteiger partial charge is 0.385 e. The fourth-order valence-electron chi connectivity index (χ4n) is 5.59. The van der Waals surface area contributed by atoms with E-state index >= 15 is 0 Å². The van der Waals surface area contributed by atoms with Gasteiger partial charge >= 0.3 is 0 Å². The van der Waals surface area contributed by atoms with Crippen LogP contribution in [0, 0.1) is 5.92 Å². The maximum Gasteiger partial charge on any atom is 0.237 e. The summed E-state index contributed by atoms with van der Waals surface area (Å²) in [5.41, 5.74) is 4.59. The standard InChI is InChI=1S/C28H42N4O/c1-5-22-9-12-24(13-10-22)30-28(33)26-14-11-23-7-6-8-25(19-21(4)29-27(23)26)32-17-15-31(16-18-32)20(2)3/h9-14,20-21,25-26,29H,5-8,15-19H2,1-4H3,(H,30,33). The lowest BCUT2D eigenvalue weighted by Gasteiger charge is -2.41. The van der Waals surface area contributed by atoms with Crippen molar-refractivity contribution in [2.24, 2.45) is 5.92 Å². The molecule has 2 aliphatic heterocycles. The monoisotopic (exact) mass is 450 g/mol. The average Bonchev–Trinajstić information content (AvgIpc) is 3.23. The van der Waals surface area contributed by atoms with Gasteiger partial charge in [0, 0.05) is 55.7 Å². The van der Waals surface area contributed by atoms with Crippen LogP contribution in [0.3, 0.4) is 0 Å². The zero-order chi connectivity index (χ0) is 23.4. The molecule has 3 aliphatic rings. The third-order valence-electron chi connectivity index (χ3n) is 7.67. The van der Waals surface area contributed by atoms with E-state index in [1.807, 2.05) is 12.1 Å². The number of anilines is 1. The van der Waals surface area contributed by atoms with Crippen LogP contribution in [0.1, 0.15) is 58.9 Å². The number of nitrogens with zero attached hydrogens (tertiary/aromatic N) is 2. The van der Waals surface area contributed by atoms with Gasteiger partial charge in [0.25, 0.3) is 0 Å². The van der Waals surface area contributed by atoms with Crippen molar-refractivity contribution < 1.29 is 4.79 Å². The maximum atomic E-state index is 13.2. The molecule has 2 heterocycles. The third-order valence-corrected chi connectivity index (χ3v) is 7.67. The summed E-state index contributed by atoms with van der Waals surface area (Å²) >= 11 is 0. The van der Waals surface area contributed by atoms with Crippen LogP contribution >= 0.6 is 0 Å². The molecule has 0 spiro atoms. The highest BCUT2D eigenvalue weighted by molar-refractivity contribution is 5.96. The summed E-state index contributed by atoms with van der Waals surface area (Å²) in [6.07, 6.45) is 9.85. The van der Waals surface area contributed by atoms with Gasteiger partial charge in [-0.1, -0.05) is 31.2 Å². The molecule has 5 nitrogen and oxygen atoms in total. The molecule has 1 aliphatic carbocycles. The van der Waals surface area contributed by atoms with Crippen LogP contribution in [0.2, 0.25) is 0 Å². The number of amides is 1. The highest BCUT2D eigenvalue weighted by Gasteiger charge is 2.31. The number of carbonyl (C=O) groups is 1. The zero-order valence-electron chi connectivity index (χ0n) is 20.9. The number of benzene rings is 1. The second kappa shape index (κ2) is 10.9. The summed E-state index contributed by atoms with van der Waals surface area (Å²) in [6.45, 7) is 13.7. The lowest BCUT2D eigenvalue weighted by Crippen LogP contribution is -2.53.